The smallest absolute Gasteiger partial charge is 0.306 e. The molecule has 0 amide bonds. The minimum Gasteiger partial charge on any atom is -0.462 e. The monoisotopic (exact) mass is 1120 g/mol. The Hall–Kier alpha value is -3.15. The zero-order chi connectivity index (χ0) is 57.8. The third-order valence-electron chi connectivity index (χ3n) is 15.4. The highest BCUT2D eigenvalue weighted by Crippen LogP contribution is 2.17. The lowest BCUT2D eigenvalue weighted by atomic mass is 10.0. The lowest BCUT2D eigenvalue weighted by molar-refractivity contribution is -0.167. The first kappa shape index (κ1) is 76.9. The summed E-state index contributed by atoms with van der Waals surface area (Å²) in [5.74, 6) is -0.874. The van der Waals surface area contributed by atoms with Crippen molar-refractivity contribution in [2.45, 2.75) is 367 Å². The molecule has 0 fully saturated rings. The molecule has 80 heavy (non-hydrogen) atoms. The van der Waals surface area contributed by atoms with E-state index in [-0.39, 0.29) is 31.1 Å². The average Bonchev–Trinajstić information content (AvgIpc) is 3.46. The summed E-state index contributed by atoms with van der Waals surface area (Å²) in [5.41, 5.74) is 0. The zero-order valence-electron chi connectivity index (χ0n) is 53.3. The first-order valence-corrected chi connectivity index (χ1v) is 34.9. The summed E-state index contributed by atoms with van der Waals surface area (Å²) in [6.07, 6.45) is 89.1. The van der Waals surface area contributed by atoms with Crippen LogP contribution in [0.1, 0.15) is 361 Å². The van der Waals surface area contributed by atoms with Crippen molar-refractivity contribution < 1.29 is 28.6 Å². The predicted molar refractivity (Wildman–Crippen MR) is 348 cm³/mol. The molecule has 6 heteroatoms. The third-order valence-corrected chi connectivity index (χ3v) is 15.4. The quantitative estimate of drug-likeness (QED) is 0.0261. The molecule has 0 N–H and O–H groups in total. The molecule has 0 aliphatic heterocycles. The van der Waals surface area contributed by atoms with E-state index in [0.717, 1.165) is 83.5 Å². The molecule has 0 spiro atoms. The Bertz CT molecular complexity index is 1470. The van der Waals surface area contributed by atoms with E-state index in [2.05, 4.69) is 93.7 Å². The van der Waals surface area contributed by atoms with Crippen molar-refractivity contribution in [2.75, 3.05) is 13.2 Å². The number of hydrogen-bond donors (Lipinski definition) is 0. The van der Waals surface area contributed by atoms with Crippen molar-refractivity contribution in [1.29, 1.82) is 0 Å². The molecule has 464 valence electrons. The van der Waals surface area contributed by atoms with Gasteiger partial charge in [0.2, 0.25) is 0 Å². The van der Waals surface area contributed by atoms with Gasteiger partial charge in [-0.15, -0.1) is 0 Å². The standard InChI is InChI=1S/C74H132O6/c1-4-7-10-13-16-19-22-25-28-31-33-34-35-36-37-38-39-40-42-43-46-49-52-55-58-61-64-67-73(76)79-70-71(69-78-72(75)66-63-60-57-54-51-48-45-30-27-24-21-18-15-12-9-6-3)80-74(77)68-65-62-59-56-53-50-47-44-41-32-29-26-23-20-17-14-11-8-5-2/h17,20,22,25-26,29-31,33,35-36,45,71H,4-16,18-19,21,23-24,27-28,32,34,37-44,46-70H2,1-3H3/b20-17-,25-22-,29-26-,33-31-,36-35-,45-30-. The number of rotatable bonds is 64. The average molecular weight is 1120 g/mol. The summed E-state index contributed by atoms with van der Waals surface area (Å²) < 4.78 is 17.0. The molecule has 6 nitrogen and oxygen atoms in total. The molecule has 0 bridgehead atoms. The van der Waals surface area contributed by atoms with Crippen molar-refractivity contribution in [2.24, 2.45) is 0 Å². The van der Waals surface area contributed by atoms with E-state index in [4.69, 9.17) is 14.2 Å². The van der Waals surface area contributed by atoms with E-state index >= 15 is 0 Å². The maximum absolute atomic E-state index is 12.9. The van der Waals surface area contributed by atoms with Crippen molar-refractivity contribution >= 4 is 17.9 Å². The van der Waals surface area contributed by atoms with Crippen LogP contribution >= 0.6 is 0 Å². The molecule has 0 aliphatic carbocycles. The number of hydrogen-bond acceptors (Lipinski definition) is 6. The van der Waals surface area contributed by atoms with Gasteiger partial charge in [-0.2, -0.15) is 0 Å². The largest absolute Gasteiger partial charge is 0.462 e. The van der Waals surface area contributed by atoms with E-state index < -0.39 is 6.10 Å². The third kappa shape index (κ3) is 65.7. The van der Waals surface area contributed by atoms with E-state index in [0.29, 0.717) is 19.3 Å². The Morgan fingerprint density at radius 1 is 0.250 bits per heavy atom. The summed E-state index contributed by atoms with van der Waals surface area (Å²) in [6, 6.07) is 0. The van der Waals surface area contributed by atoms with Crippen LogP contribution < -0.4 is 0 Å². The molecule has 0 aromatic carbocycles. The number of unbranched alkanes of at least 4 members (excludes halogenated alkanes) is 41. The number of allylic oxidation sites excluding steroid dienone is 12. The van der Waals surface area contributed by atoms with Crippen LogP contribution in [0, 0.1) is 0 Å². The minimum atomic E-state index is -0.783. The van der Waals surface area contributed by atoms with Gasteiger partial charge in [-0.25, -0.2) is 0 Å². The highest BCUT2D eigenvalue weighted by Gasteiger charge is 2.19. The number of carbonyl (C=O) groups excluding carboxylic acids is 3. The fourth-order valence-corrected chi connectivity index (χ4v) is 10.1. The Labute approximate surface area is 497 Å². The molecular weight excluding hydrogens is 985 g/mol. The highest BCUT2D eigenvalue weighted by molar-refractivity contribution is 5.71. The molecule has 0 rings (SSSR count). The number of carbonyl (C=O) groups is 3. The second kappa shape index (κ2) is 68.3. The van der Waals surface area contributed by atoms with E-state index in [1.807, 2.05) is 0 Å². The van der Waals surface area contributed by atoms with Gasteiger partial charge in [0, 0.05) is 19.3 Å². The lowest BCUT2D eigenvalue weighted by Crippen LogP contribution is -2.30. The summed E-state index contributed by atoms with van der Waals surface area (Å²) in [5, 5.41) is 0. The minimum absolute atomic E-state index is 0.0785. The number of esters is 3. The Balaban J connectivity index is 4.32. The molecule has 1 atom stereocenters. The molecule has 0 heterocycles. The molecular formula is C74H132O6. The fourth-order valence-electron chi connectivity index (χ4n) is 10.1. The molecule has 0 saturated heterocycles. The molecule has 1 unspecified atom stereocenters. The summed E-state index contributed by atoms with van der Waals surface area (Å²) >= 11 is 0. The van der Waals surface area contributed by atoms with Gasteiger partial charge in [-0.1, -0.05) is 299 Å². The van der Waals surface area contributed by atoms with Crippen LogP contribution in [0.25, 0.3) is 0 Å². The lowest BCUT2D eigenvalue weighted by Gasteiger charge is -2.18. The van der Waals surface area contributed by atoms with E-state index in [1.54, 1.807) is 0 Å². The van der Waals surface area contributed by atoms with Crippen LogP contribution in [0.15, 0.2) is 72.9 Å². The van der Waals surface area contributed by atoms with Crippen LogP contribution in [0.5, 0.6) is 0 Å². The molecule has 0 aliphatic rings. The van der Waals surface area contributed by atoms with Crippen molar-refractivity contribution in [3.63, 3.8) is 0 Å². The van der Waals surface area contributed by atoms with Crippen molar-refractivity contribution in [3.05, 3.63) is 72.9 Å². The van der Waals surface area contributed by atoms with Crippen LogP contribution in [-0.4, -0.2) is 37.2 Å². The van der Waals surface area contributed by atoms with Gasteiger partial charge >= 0.3 is 17.9 Å². The molecule has 0 saturated carbocycles. The fraction of sp³-hybridized carbons (Fsp3) is 0.797. The topological polar surface area (TPSA) is 78.9 Å². The van der Waals surface area contributed by atoms with E-state index in [9.17, 15) is 14.4 Å². The van der Waals surface area contributed by atoms with Crippen molar-refractivity contribution in [3.8, 4) is 0 Å². The maximum Gasteiger partial charge on any atom is 0.306 e. The summed E-state index contributed by atoms with van der Waals surface area (Å²) in [4.78, 5) is 38.4. The summed E-state index contributed by atoms with van der Waals surface area (Å²) in [6.45, 7) is 6.64. The van der Waals surface area contributed by atoms with Gasteiger partial charge in [0.05, 0.1) is 0 Å². The van der Waals surface area contributed by atoms with Gasteiger partial charge < -0.3 is 14.2 Å². The van der Waals surface area contributed by atoms with Gasteiger partial charge in [-0.05, 0) is 116 Å². The zero-order valence-corrected chi connectivity index (χ0v) is 53.3. The molecule has 0 aromatic rings. The SMILES string of the molecule is CCCCC/C=C\C/C=C\CCCCCCCCCCCC(=O)OC(COC(=O)CCCCCCC/C=C\CCCCCCCCC)COC(=O)CCCCCCCCCCCCCC/C=C\C/C=C\C/C=C\CCCCCCC. The first-order valence-electron chi connectivity index (χ1n) is 34.9. The second-order valence-corrected chi connectivity index (χ2v) is 23.4. The van der Waals surface area contributed by atoms with Gasteiger partial charge in [0.1, 0.15) is 13.2 Å². The van der Waals surface area contributed by atoms with Crippen molar-refractivity contribution in [1.82, 2.24) is 0 Å². The van der Waals surface area contributed by atoms with Gasteiger partial charge in [0.15, 0.2) is 6.10 Å². The van der Waals surface area contributed by atoms with Crippen LogP contribution in [0.2, 0.25) is 0 Å². The summed E-state index contributed by atoms with van der Waals surface area (Å²) in [7, 11) is 0. The Morgan fingerprint density at radius 3 is 0.738 bits per heavy atom. The second-order valence-electron chi connectivity index (χ2n) is 23.4. The van der Waals surface area contributed by atoms with E-state index in [1.165, 1.54) is 238 Å². The van der Waals surface area contributed by atoms with Crippen LogP contribution in [0.3, 0.4) is 0 Å². The van der Waals surface area contributed by atoms with Crippen LogP contribution in [-0.2, 0) is 28.6 Å². The Morgan fingerprint density at radius 2 is 0.450 bits per heavy atom. The first-order chi connectivity index (χ1) is 39.5. The number of ether oxygens (including phenoxy) is 3. The molecule has 0 radical (unpaired) electrons. The normalized spacial score (nSPS) is 12.5. The Kier molecular flexibility index (Phi) is 65.7. The predicted octanol–water partition coefficient (Wildman–Crippen LogP) is 24.1. The molecule has 0 aromatic heterocycles. The van der Waals surface area contributed by atoms with Crippen LogP contribution in [0.4, 0.5) is 0 Å². The van der Waals surface area contributed by atoms with Gasteiger partial charge in [0.25, 0.3) is 0 Å². The van der Waals surface area contributed by atoms with Gasteiger partial charge in [-0.3, -0.25) is 14.4 Å². The maximum atomic E-state index is 12.9. The highest BCUT2D eigenvalue weighted by atomic mass is 16.6.